The fourth-order valence-electron chi connectivity index (χ4n) is 3.98. The topological polar surface area (TPSA) is 72.9 Å². The summed E-state index contributed by atoms with van der Waals surface area (Å²) in [5, 5.41) is 0. The van der Waals surface area contributed by atoms with Crippen LogP contribution in [0.5, 0.6) is 0 Å². The van der Waals surface area contributed by atoms with E-state index >= 15 is 0 Å². The number of hydrogen-bond donors (Lipinski definition) is 0. The molecular weight excluding hydrogens is 262 g/mol. The minimum Gasteiger partial charge on any atom is -0.464 e. The molecule has 0 aromatic carbocycles. The van der Waals surface area contributed by atoms with Gasteiger partial charge in [-0.05, 0) is 33.6 Å². The van der Waals surface area contributed by atoms with E-state index in [1.807, 2.05) is 0 Å². The Kier molecular flexibility index (Phi) is 2.65. The van der Waals surface area contributed by atoms with Gasteiger partial charge in [0.15, 0.2) is 0 Å². The maximum absolute atomic E-state index is 12.5. The van der Waals surface area contributed by atoms with Crippen molar-refractivity contribution >= 4 is 17.8 Å². The van der Waals surface area contributed by atoms with Crippen LogP contribution in [0.15, 0.2) is 0 Å². The van der Waals surface area contributed by atoms with Gasteiger partial charge in [0, 0.05) is 18.4 Å². The monoisotopic (exact) mass is 281 g/mol. The number of fused-ring (bicyclic) bond motifs is 3. The fraction of sp³-hybridized carbons (Fsp3) is 0.786. The van der Waals surface area contributed by atoms with Crippen molar-refractivity contribution in [2.75, 3.05) is 6.61 Å². The second kappa shape index (κ2) is 3.96. The standard InChI is InChI=1S/C14H19NO5/c1-4-19-11(17)14-9(13(2,3)20-12(14)18)6-5-8-7-10(16)15(8)14/h8-9H,4-7H2,1-3H3/t8-,9-,14+/m1/s1. The smallest absolute Gasteiger partial charge is 0.344 e. The second-order valence-corrected chi connectivity index (χ2v) is 6.23. The minimum absolute atomic E-state index is 0.0374. The molecule has 0 N–H and O–H groups in total. The molecule has 0 aliphatic carbocycles. The zero-order valence-electron chi connectivity index (χ0n) is 12.0. The lowest BCUT2D eigenvalue weighted by Gasteiger charge is -2.54. The van der Waals surface area contributed by atoms with Gasteiger partial charge in [-0.25, -0.2) is 9.59 Å². The molecule has 3 heterocycles. The third-order valence-corrected chi connectivity index (χ3v) is 4.81. The molecule has 3 aliphatic heterocycles. The number of esters is 2. The van der Waals surface area contributed by atoms with Gasteiger partial charge in [-0.2, -0.15) is 0 Å². The largest absolute Gasteiger partial charge is 0.464 e. The molecule has 20 heavy (non-hydrogen) atoms. The number of rotatable bonds is 2. The van der Waals surface area contributed by atoms with Crippen molar-refractivity contribution in [3.05, 3.63) is 0 Å². The molecule has 3 atom stereocenters. The van der Waals surface area contributed by atoms with E-state index in [0.29, 0.717) is 12.8 Å². The van der Waals surface area contributed by atoms with Gasteiger partial charge in [0.05, 0.1) is 6.61 Å². The molecule has 3 saturated heterocycles. The van der Waals surface area contributed by atoms with Crippen LogP contribution in [0.4, 0.5) is 0 Å². The van der Waals surface area contributed by atoms with E-state index in [-0.39, 0.29) is 24.5 Å². The third kappa shape index (κ3) is 1.37. The van der Waals surface area contributed by atoms with Gasteiger partial charge < -0.3 is 14.4 Å². The maximum atomic E-state index is 12.5. The van der Waals surface area contributed by atoms with Gasteiger partial charge in [0.2, 0.25) is 11.4 Å². The second-order valence-electron chi connectivity index (χ2n) is 6.23. The Labute approximate surface area is 117 Å². The molecule has 0 spiro atoms. The van der Waals surface area contributed by atoms with Gasteiger partial charge in [-0.3, -0.25) is 4.79 Å². The highest BCUT2D eigenvalue weighted by Gasteiger charge is 2.74. The Balaban J connectivity index is 2.11. The van der Waals surface area contributed by atoms with Crippen molar-refractivity contribution in [2.24, 2.45) is 5.92 Å². The van der Waals surface area contributed by atoms with Gasteiger partial charge >= 0.3 is 11.9 Å². The van der Waals surface area contributed by atoms with E-state index in [2.05, 4.69) is 0 Å². The molecule has 0 aromatic rings. The van der Waals surface area contributed by atoms with Crippen LogP contribution in [0.1, 0.15) is 40.0 Å². The highest BCUT2D eigenvalue weighted by Crippen LogP contribution is 2.54. The molecular formula is C14H19NO5. The first-order chi connectivity index (χ1) is 9.35. The molecule has 110 valence electrons. The summed E-state index contributed by atoms with van der Waals surface area (Å²) in [6.45, 7) is 5.45. The number of nitrogens with zero attached hydrogens (tertiary/aromatic N) is 1. The minimum atomic E-state index is -1.56. The summed E-state index contributed by atoms with van der Waals surface area (Å²) >= 11 is 0. The van der Waals surface area contributed by atoms with Gasteiger partial charge in [0.25, 0.3) is 0 Å². The van der Waals surface area contributed by atoms with Crippen LogP contribution >= 0.6 is 0 Å². The Bertz CT molecular complexity index is 500. The SMILES string of the molecule is CCOC(=O)[C@]12C(=O)OC(C)(C)[C@H]1CC[C@@H]1CC(=O)N12. The highest BCUT2D eigenvalue weighted by atomic mass is 16.6. The van der Waals surface area contributed by atoms with Crippen LogP contribution in [0.25, 0.3) is 0 Å². The fourth-order valence-corrected chi connectivity index (χ4v) is 3.98. The number of carbonyl (C=O) groups is 3. The first kappa shape index (κ1) is 13.4. The number of piperidine rings is 1. The van der Waals surface area contributed by atoms with Crippen molar-refractivity contribution in [1.29, 1.82) is 0 Å². The van der Waals surface area contributed by atoms with Crippen LogP contribution in [0, 0.1) is 5.92 Å². The average molecular weight is 281 g/mol. The normalized spacial score (nSPS) is 37.6. The molecule has 3 fully saturated rings. The van der Waals surface area contributed by atoms with E-state index in [1.54, 1.807) is 20.8 Å². The van der Waals surface area contributed by atoms with Crippen LogP contribution in [0.3, 0.4) is 0 Å². The van der Waals surface area contributed by atoms with Gasteiger partial charge in [0.1, 0.15) is 5.60 Å². The summed E-state index contributed by atoms with van der Waals surface area (Å²) in [5.41, 5.74) is -2.32. The maximum Gasteiger partial charge on any atom is 0.344 e. The van der Waals surface area contributed by atoms with Gasteiger partial charge in [-0.1, -0.05) is 0 Å². The summed E-state index contributed by atoms with van der Waals surface area (Å²) in [5.74, 6) is -1.79. The van der Waals surface area contributed by atoms with E-state index in [9.17, 15) is 14.4 Å². The quantitative estimate of drug-likeness (QED) is 0.422. The highest BCUT2D eigenvalue weighted by molar-refractivity contribution is 6.11. The molecule has 3 rings (SSSR count). The molecule has 3 aliphatic rings. The molecule has 0 radical (unpaired) electrons. The van der Waals surface area contributed by atoms with Crippen LogP contribution in [-0.2, 0) is 23.9 Å². The molecule has 6 heteroatoms. The molecule has 0 saturated carbocycles. The number of ether oxygens (including phenoxy) is 2. The lowest BCUT2D eigenvalue weighted by atomic mass is 9.66. The van der Waals surface area contributed by atoms with E-state index in [4.69, 9.17) is 9.47 Å². The van der Waals surface area contributed by atoms with Crippen LogP contribution < -0.4 is 0 Å². The predicted octanol–water partition coefficient (Wildman–Crippen LogP) is 0.635. The first-order valence-electron chi connectivity index (χ1n) is 7.08. The van der Waals surface area contributed by atoms with Crippen molar-refractivity contribution in [2.45, 2.75) is 57.2 Å². The van der Waals surface area contributed by atoms with E-state index in [1.165, 1.54) is 4.90 Å². The van der Waals surface area contributed by atoms with Crippen LogP contribution in [-0.4, -0.2) is 46.5 Å². The van der Waals surface area contributed by atoms with Crippen molar-refractivity contribution in [1.82, 2.24) is 4.90 Å². The van der Waals surface area contributed by atoms with Gasteiger partial charge in [-0.15, -0.1) is 0 Å². The van der Waals surface area contributed by atoms with Crippen molar-refractivity contribution in [3.8, 4) is 0 Å². The molecule has 0 unspecified atom stereocenters. The summed E-state index contributed by atoms with van der Waals surface area (Å²) in [4.78, 5) is 38.4. The van der Waals surface area contributed by atoms with Crippen LogP contribution in [0.2, 0.25) is 0 Å². The molecule has 0 aromatic heterocycles. The number of cyclic esters (lactones) is 1. The molecule has 0 bridgehead atoms. The number of hydrogen-bond acceptors (Lipinski definition) is 5. The lowest BCUT2D eigenvalue weighted by molar-refractivity contribution is -0.190. The predicted molar refractivity (Wildman–Crippen MR) is 67.5 cm³/mol. The number of β-lactam (4-membered cyclic amide) rings is 1. The Morgan fingerprint density at radius 2 is 2.10 bits per heavy atom. The summed E-state index contributed by atoms with van der Waals surface area (Å²) in [6, 6.07) is -0.0374. The zero-order chi connectivity index (χ0) is 14.7. The van der Waals surface area contributed by atoms with Crippen molar-refractivity contribution < 1.29 is 23.9 Å². The van der Waals surface area contributed by atoms with Crippen molar-refractivity contribution in [3.63, 3.8) is 0 Å². The number of carbonyl (C=O) groups excluding carboxylic acids is 3. The summed E-state index contributed by atoms with van der Waals surface area (Å²) < 4.78 is 10.6. The third-order valence-electron chi connectivity index (χ3n) is 4.81. The summed E-state index contributed by atoms with van der Waals surface area (Å²) in [7, 11) is 0. The van der Waals surface area contributed by atoms with E-state index in [0.717, 1.165) is 6.42 Å². The molecule has 6 nitrogen and oxygen atoms in total. The van der Waals surface area contributed by atoms with E-state index < -0.39 is 23.1 Å². The Hall–Kier alpha value is -1.59. The Morgan fingerprint density at radius 3 is 2.70 bits per heavy atom. The molecule has 1 amide bonds. The lowest BCUT2D eigenvalue weighted by Crippen LogP contribution is -2.75. The Morgan fingerprint density at radius 1 is 1.40 bits per heavy atom. The summed E-state index contributed by atoms with van der Waals surface area (Å²) in [6.07, 6.45) is 1.89. The first-order valence-corrected chi connectivity index (χ1v) is 7.08. The average Bonchev–Trinajstić information content (AvgIpc) is 2.54. The zero-order valence-corrected chi connectivity index (χ0v) is 12.0. The number of amides is 1.